The second-order valence-electron chi connectivity index (χ2n) is 7.19. The highest BCUT2D eigenvalue weighted by Crippen LogP contribution is 2.20. The number of carbonyl (C=O) groups is 1. The Morgan fingerprint density at radius 1 is 0.875 bits per heavy atom. The van der Waals surface area contributed by atoms with E-state index in [-0.39, 0.29) is 5.91 Å². The maximum absolute atomic E-state index is 12.1. The Kier molecular flexibility index (Phi) is 6.80. The molecule has 0 bridgehead atoms. The lowest BCUT2D eigenvalue weighted by Gasteiger charge is -2.23. The van der Waals surface area contributed by atoms with Gasteiger partial charge in [0, 0.05) is 6.54 Å². The molecule has 3 heteroatoms. The van der Waals surface area contributed by atoms with E-state index in [2.05, 4.69) is 57.3 Å². The molecule has 0 fully saturated rings. The molecule has 0 heterocycles. The first-order chi connectivity index (χ1) is 11.5. The summed E-state index contributed by atoms with van der Waals surface area (Å²) in [6, 6.07) is 18.8. The molecule has 0 saturated carbocycles. The van der Waals surface area contributed by atoms with Gasteiger partial charge in [0.15, 0.2) is 0 Å². The van der Waals surface area contributed by atoms with Crippen LogP contribution in [-0.4, -0.2) is 14.7 Å². The van der Waals surface area contributed by atoms with Gasteiger partial charge in [0.25, 0.3) is 0 Å². The topological polar surface area (TPSA) is 29.1 Å². The van der Waals surface area contributed by atoms with Crippen LogP contribution < -0.4 is 10.5 Å². The highest BCUT2D eigenvalue weighted by Gasteiger charge is 2.21. The molecule has 24 heavy (non-hydrogen) atoms. The zero-order chi connectivity index (χ0) is 17.5. The molecule has 2 aromatic rings. The van der Waals surface area contributed by atoms with Crippen LogP contribution in [0, 0.1) is 0 Å². The van der Waals surface area contributed by atoms with Crippen LogP contribution in [0.2, 0.25) is 11.1 Å². The minimum absolute atomic E-state index is 0.0770. The molecule has 2 aromatic carbocycles. The number of amides is 1. The molecule has 0 aromatic heterocycles. The monoisotopic (exact) mass is 339 g/mol. The van der Waals surface area contributed by atoms with Crippen LogP contribution in [0.1, 0.15) is 38.8 Å². The molecule has 128 valence electrons. The fourth-order valence-corrected chi connectivity index (χ4v) is 7.16. The van der Waals surface area contributed by atoms with Gasteiger partial charge in [0.1, 0.15) is 0 Å². The van der Waals surface area contributed by atoms with Crippen molar-refractivity contribution in [3.05, 3.63) is 65.7 Å². The van der Waals surface area contributed by atoms with Crippen LogP contribution in [0.15, 0.2) is 54.6 Å². The summed E-state index contributed by atoms with van der Waals surface area (Å²) in [5, 5.41) is 4.50. The summed E-state index contributed by atoms with van der Waals surface area (Å²) < 4.78 is 0. The molecule has 0 unspecified atom stereocenters. The second kappa shape index (κ2) is 8.83. The van der Waals surface area contributed by atoms with E-state index in [1.54, 1.807) is 0 Å². The number of hydrogen-bond acceptors (Lipinski definition) is 1. The Labute approximate surface area is 147 Å². The number of rotatable bonds is 7. The zero-order valence-corrected chi connectivity index (χ0v) is 16.4. The smallest absolute Gasteiger partial charge is 0.224 e. The van der Waals surface area contributed by atoms with Gasteiger partial charge in [-0.15, -0.1) is 0 Å². The molecule has 0 radical (unpaired) electrons. The summed E-state index contributed by atoms with van der Waals surface area (Å²) in [5.74, 6) is 0.0770. The molecule has 0 aliphatic rings. The van der Waals surface area contributed by atoms with Crippen molar-refractivity contribution >= 4 is 19.9 Å². The molecule has 1 amide bonds. The quantitative estimate of drug-likeness (QED) is 0.764. The predicted molar refractivity (Wildman–Crippen MR) is 105 cm³/mol. The number of hydrogen-bond donors (Lipinski definition) is 1. The molecule has 0 aliphatic carbocycles. The third-order valence-corrected chi connectivity index (χ3v) is 8.53. The summed E-state index contributed by atoms with van der Waals surface area (Å²) in [7, 11) is -0.950. The molecular formula is C21H29NOSi. The van der Waals surface area contributed by atoms with Gasteiger partial charge in [-0.3, -0.25) is 4.79 Å². The van der Waals surface area contributed by atoms with E-state index in [9.17, 15) is 4.79 Å². The predicted octanol–water partition coefficient (Wildman–Crippen LogP) is 3.80. The number of carbonyl (C=O) groups excluding carboxylic acids is 1. The standard InChI is InChI=1S/C21H29NOSi/c1-16(2)24(17(3)4)20-12-10-18(11-13-20)14-21(23)22-15-19-8-6-5-7-9-19/h5-13,16-17,24H,14-15H2,1-4H3,(H,22,23). The van der Waals surface area contributed by atoms with Gasteiger partial charge >= 0.3 is 0 Å². The third-order valence-electron chi connectivity index (χ3n) is 4.50. The zero-order valence-electron chi connectivity index (χ0n) is 15.3. The molecule has 2 nitrogen and oxygen atoms in total. The molecule has 0 saturated heterocycles. The van der Waals surface area contributed by atoms with Gasteiger partial charge < -0.3 is 5.32 Å². The van der Waals surface area contributed by atoms with Crippen LogP contribution in [0.25, 0.3) is 0 Å². The van der Waals surface area contributed by atoms with Crippen molar-refractivity contribution in [1.82, 2.24) is 5.32 Å². The molecule has 1 N–H and O–H groups in total. The highest BCUT2D eigenvalue weighted by molar-refractivity contribution is 6.75. The van der Waals surface area contributed by atoms with E-state index in [0.29, 0.717) is 13.0 Å². The Morgan fingerprint density at radius 3 is 2.00 bits per heavy atom. The first-order valence-corrected chi connectivity index (χ1v) is 10.8. The van der Waals surface area contributed by atoms with Crippen molar-refractivity contribution in [3.8, 4) is 0 Å². The van der Waals surface area contributed by atoms with Gasteiger partial charge in [0.2, 0.25) is 5.91 Å². The lowest BCUT2D eigenvalue weighted by atomic mass is 10.1. The first-order valence-electron chi connectivity index (χ1n) is 8.87. The molecule has 0 atom stereocenters. The minimum Gasteiger partial charge on any atom is -0.352 e. The summed E-state index contributed by atoms with van der Waals surface area (Å²) in [6.45, 7) is 9.93. The van der Waals surface area contributed by atoms with Crippen LogP contribution in [0.5, 0.6) is 0 Å². The van der Waals surface area contributed by atoms with Gasteiger partial charge in [-0.25, -0.2) is 0 Å². The third kappa shape index (κ3) is 5.34. The molecular weight excluding hydrogens is 310 g/mol. The second-order valence-corrected chi connectivity index (χ2v) is 11.6. The van der Waals surface area contributed by atoms with E-state index in [0.717, 1.165) is 22.2 Å². The first kappa shape index (κ1) is 18.5. The molecule has 0 aliphatic heterocycles. The Balaban J connectivity index is 1.92. The maximum Gasteiger partial charge on any atom is 0.224 e. The average molecular weight is 340 g/mol. The van der Waals surface area contributed by atoms with Crippen LogP contribution >= 0.6 is 0 Å². The van der Waals surface area contributed by atoms with Gasteiger partial charge in [-0.1, -0.05) is 87.5 Å². The van der Waals surface area contributed by atoms with Crippen molar-refractivity contribution in [3.63, 3.8) is 0 Å². The van der Waals surface area contributed by atoms with Gasteiger partial charge in [-0.2, -0.15) is 0 Å². The molecule has 2 rings (SSSR count). The Morgan fingerprint density at radius 2 is 1.46 bits per heavy atom. The van der Waals surface area contributed by atoms with Crippen molar-refractivity contribution in [2.24, 2.45) is 0 Å². The van der Waals surface area contributed by atoms with Crippen molar-refractivity contribution in [2.75, 3.05) is 0 Å². The Bertz CT molecular complexity index is 627. The van der Waals surface area contributed by atoms with E-state index >= 15 is 0 Å². The highest BCUT2D eigenvalue weighted by atomic mass is 28.3. The van der Waals surface area contributed by atoms with Crippen molar-refractivity contribution < 1.29 is 4.79 Å². The fraction of sp³-hybridized carbons (Fsp3) is 0.381. The maximum atomic E-state index is 12.1. The minimum atomic E-state index is -0.950. The van der Waals surface area contributed by atoms with Gasteiger partial charge in [0.05, 0.1) is 15.2 Å². The Hall–Kier alpha value is -1.87. The lowest BCUT2D eigenvalue weighted by Crippen LogP contribution is -2.35. The van der Waals surface area contributed by atoms with Crippen LogP contribution in [0.3, 0.4) is 0 Å². The van der Waals surface area contributed by atoms with Gasteiger partial charge in [-0.05, 0) is 22.2 Å². The summed E-state index contributed by atoms with van der Waals surface area (Å²) in [4.78, 5) is 12.1. The van der Waals surface area contributed by atoms with E-state index in [1.807, 2.05) is 30.3 Å². The fourth-order valence-electron chi connectivity index (χ4n) is 3.44. The van der Waals surface area contributed by atoms with Crippen molar-refractivity contribution in [2.45, 2.75) is 51.7 Å². The largest absolute Gasteiger partial charge is 0.352 e. The van der Waals surface area contributed by atoms with Crippen molar-refractivity contribution in [1.29, 1.82) is 0 Å². The summed E-state index contributed by atoms with van der Waals surface area (Å²) in [6.07, 6.45) is 0.447. The summed E-state index contributed by atoms with van der Waals surface area (Å²) in [5.41, 5.74) is 3.73. The number of nitrogens with one attached hydrogen (secondary N) is 1. The normalized spacial score (nSPS) is 11.3. The SMILES string of the molecule is CC(C)[SiH](c1ccc(CC(=O)NCc2ccccc2)cc1)C(C)C. The number of benzene rings is 2. The van der Waals surface area contributed by atoms with E-state index in [4.69, 9.17) is 0 Å². The summed E-state index contributed by atoms with van der Waals surface area (Å²) >= 11 is 0. The molecule has 0 spiro atoms. The average Bonchev–Trinajstić information content (AvgIpc) is 2.55. The van der Waals surface area contributed by atoms with E-state index in [1.165, 1.54) is 5.19 Å². The van der Waals surface area contributed by atoms with Crippen LogP contribution in [-0.2, 0) is 17.8 Å². The van der Waals surface area contributed by atoms with Crippen LogP contribution in [0.4, 0.5) is 0 Å². The van der Waals surface area contributed by atoms with E-state index < -0.39 is 8.80 Å². The lowest BCUT2D eigenvalue weighted by molar-refractivity contribution is -0.120.